The Hall–Kier alpha value is -3.29. The van der Waals surface area contributed by atoms with Crippen molar-refractivity contribution >= 4 is 17.6 Å². The number of fused-ring (bicyclic) bond motifs is 1. The van der Waals surface area contributed by atoms with Gasteiger partial charge in [-0.2, -0.15) is 5.10 Å². The van der Waals surface area contributed by atoms with Crippen LogP contribution in [-0.2, 0) is 18.4 Å². The van der Waals surface area contributed by atoms with Crippen molar-refractivity contribution in [2.24, 2.45) is 7.05 Å². The SMILES string of the molecule is Cn1ccn2ncc(C(=O)N3CCC(NC(=O)OCc4ccccc4)C3)c12. The molecule has 2 amide bonds. The Kier molecular flexibility index (Phi) is 4.53. The number of benzene rings is 1. The van der Waals surface area contributed by atoms with Crippen LogP contribution in [0, 0.1) is 0 Å². The van der Waals surface area contributed by atoms with Gasteiger partial charge in [-0.25, -0.2) is 9.31 Å². The molecule has 1 aliphatic heterocycles. The summed E-state index contributed by atoms with van der Waals surface area (Å²) in [4.78, 5) is 26.6. The van der Waals surface area contributed by atoms with E-state index in [-0.39, 0.29) is 18.6 Å². The minimum absolute atomic E-state index is 0.0752. The second kappa shape index (κ2) is 7.14. The van der Waals surface area contributed by atoms with Crippen molar-refractivity contribution < 1.29 is 14.3 Å². The number of hydrogen-bond acceptors (Lipinski definition) is 4. The molecule has 1 aliphatic rings. The first-order chi connectivity index (χ1) is 13.1. The van der Waals surface area contributed by atoms with Gasteiger partial charge in [0, 0.05) is 32.5 Å². The first-order valence-corrected chi connectivity index (χ1v) is 8.87. The van der Waals surface area contributed by atoms with Crippen molar-refractivity contribution in [2.45, 2.75) is 19.1 Å². The number of carbonyl (C=O) groups excluding carboxylic acids is 2. The maximum absolute atomic E-state index is 12.8. The molecule has 1 saturated heterocycles. The molecule has 0 spiro atoms. The van der Waals surface area contributed by atoms with E-state index < -0.39 is 6.09 Å². The molecule has 0 aliphatic carbocycles. The van der Waals surface area contributed by atoms with Crippen LogP contribution in [0.4, 0.5) is 4.79 Å². The smallest absolute Gasteiger partial charge is 0.407 e. The van der Waals surface area contributed by atoms with Gasteiger partial charge in [0.15, 0.2) is 0 Å². The Morgan fingerprint density at radius 3 is 2.89 bits per heavy atom. The van der Waals surface area contributed by atoms with Gasteiger partial charge in [-0.3, -0.25) is 4.79 Å². The molecular weight excluding hydrogens is 346 g/mol. The number of amides is 2. The van der Waals surface area contributed by atoms with Crippen LogP contribution >= 0.6 is 0 Å². The Labute approximate surface area is 156 Å². The fraction of sp³-hybridized carbons (Fsp3) is 0.316. The molecule has 1 N–H and O–H groups in total. The van der Waals surface area contributed by atoms with Crippen LogP contribution < -0.4 is 5.32 Å². The molecule has 27 heavy (non-hydrogen) atoms. The fourth-order valence-corrected chi connectivity index (χ4v) is 3.37. The van der Waals surface area contributed by atoms with Gasteiger partial charge in [0.25, 0.3) is 5.91 Å². The fourth-order valence-electron chi connectivity index (χ4n) is 3.37. The summed E-state index contributed by atoms with van der Waals surface area (Å²) in [6, 6.07) is 9.41. The maximum atomic E-state index is 12.8. The Balaban J connectivity index is 1.32. The van der Waals surface area contributed by atoms with Gasteiger partial charge in [-0.1, -0.05) is 30.3 Å². The van der Waals surface area contributed by atoms with E-state index in [4.69, 9.17) is 4.74 Å². The van der Waals surface area contributed by atoms with Gasteiger partial charge < -0.3 is 19.5 Å². The van der Waals surface area contributed by atoms with Crippen molar-refractivity contribution in [3.63, 3.8) is 0 Å². The van der Waals surface area contributed by atoms with Gasteiger partial charge >= 0.3 is 6.09 Å². The zero-order chi connectivity index (χ0) is 18.8. The summed E-state index contributed by atoms with van der Waals surface area (Å²) in [6.45, 7) is 1.27. The summed E-state index contributed by atoms with van der Waals surface area (Å²) in [5, 5.41) is 7.05. The van der Waals surface area contributed by atoms with Crippen LogP contribution in [0.5, 0.6) is 0 Å². The zero-order valence-corrected chi connectivity index (χ0v) is 15.0. The molecule has 1 unspecified atom stereocenters. The maximum Gasteiger partial charge on any atom is 0.407 e. The van der Waals surface area contributed by atoms with Crippen molar-refractivity contribution in [3.05, 3.63) is 60.0 Å². The van der Waals surface area contributed by atoms with Crippen LogP contribution in [0.1, 0.15) is 22.3 Å². The molecule has 0 radical (unpaired) electrons. The van der Waals surface area contributed by atoms with Crippen LogP contribution in [0.2, 0.25) is 0 Å². The van der Waals surface area contributed by atoms with Crippen LogP contribution in [0.3, 0.4) is 0 Å². The van der Waals surface area contributed by atoms with Crippen LogP contribution in [0.15, 0.2) is 48.9 Å². The number of carbonyl (C=O) groups is 2. The third-order valence-corrected chi connectivity index (χ3v) is 4.78. The van der Waals surface area contributed by atoms with Crippen molar-refractivity contribution in [2.75, 3.05) is 13.1 Å². The van der Waals surface area contributed by atoms with Crippen LogP contribution in [0.25, 0.3) is 5.65 Å². The number of rotatable bonds is 4. The van der Waals surface area contributed by atoms with E-state index in [0.717, 1.165) is 11.2 Å². The highest BCUT2D eigenvalue weighted by atomic mass is 16.5. The molecule has 3 heterocycles. The molecule has 0 bridgehead atoms. The van der Waals surface area contributed by atoms with E-state index in [2.05, 4.69) is 10.4 Å². The molecular formula is C19H21N5O3. The second-order valence-corrected chi connectivity index (χ2v) is 6.68. The van der Waals surface area contributed by atoms with E-state index in [0.29, 0.717) is 25.1 Å². The average molecular weight is 367 g/mol. The van der Waals surface area contributed by atoms with E-state index in [1.54, 1.807) is 15.6 Å². The Morgan fingerprint density at radius 2 is 2.07 bits per heavy atom. The lowest BCUT2D eigenvalue weighted by Gasteiger charge is -2.16. The van der Waals surface area contributed by atoms with Gasteiger partial charge in [0.2, 0.25) is 0 Å². The summed E-state index contributed by atoms with van der Waals surface area (Å²) in [5.74, 6) is -0.0752. The van der Waals surface area contributed by atoms with E-state index in [9.17, 15) is 9.59 Å². The highest BCUT2D eigenvalue weighted by molar-refractivity contribution is 6.00. The van der Waals surface area contributed by atoms with Gasteiger partial charge in [-0.05, 0) is 12.0 Å². The monoisotopic (exact) mass is 367 g/mol. The average Bonchev–Trinajstić information content (AvgIpc) is 3.39. The highest BCUT2D eigenvalue weighted by Crippen LogP contribution is 2.18. The topological polar surface area (TPSA) is 80.9 Å². The molecule has 1 fully saturated rings. The second-order valence-electron chi connectivity index (χ2n) is 6.68. The third kappa shape index (κ3) is 3.51. The third-order valence-electron chi connectivity index (χ3n) is 4.78. The van der Waals surface area contributed by atoms with E-state index >= 15 is 0 Å². The summed E-state index contributed by atoms with van der Waals surface area (Å²) < 4.78 is 8.80. The van der Waals surface area contributed by atoms with Gasteiger partial charge in [-0.15, -0.1) is 0 Å². The molecule has 8 nitrogen and oxygen atoms in total. The standard InChI is InChI=1S/C19H21N5O3/c1-22-9-10-24-17(22)16(11-20-24)18(25)23-8-7-15(12-23)21-19(26)27-13-14-5-3-2-4-6-14/h2-6,9-11,15H,7-8,12-13H2,1H3,(H,21,26). The predicted molar refractivity (Wildman–Crippen MR) is 98.2 cm³/mol. The Morgan fingerprint density at radius 1 is 1.26 bits per heavy atom. The normalized spacial score (nSPS) is 16.6. The summed E-state index contributed by atoms with van der Waals surface area (Å²) in [5.41, 5.74) is 2.26. The number of nitrogens with zero attached hydrogens (tertiary/aromatic N) is 4. The molecule has 4 rings (SSSR count). The van der Waals surface area contributed by atoms with Gasteiger partial charge in [0.1, 0.15) is 17.8 Å². The number of aryl methyl sites for hydroxylation is 1. The number of hydrogen-bond donors (Lipinski definition) is 1. The minimum Gasteiger partial charge on any atom is -0.445 e. The van der Waals surface area contributed by atoms with Crippen LogP contribution in [-0.4, -0.2) is 50.2 Å². The highest BCUT2D eigenvalue weighted by Gasteiger charge is 2.30. The van der Waals surface area contributed by atoms with Crippen molar-refractivity contribution in [3.8, 4) is 0 Å². The number of alkyl carbamates (subject to hydrolysis) is 1. The Bertz CT molecular complexity index is 962. The lowest BCUT2D eigenvalue weighted by atomic mass is 10.2. The lowest BCUT2D eigenvalue weighted by Crippen LogP contribution is -2.38. The molecule has 3 aromatic rings. The number of imidazole rings is 1. The van der Waals surface area contributed by atoms with E-state index in [1.807, 2.05) is 54.3 Å². The van der Waals surface area contributed by atoms with Crippen molar-refractivity contribution in [1.29, 1.82) is 0 Å². The molecule has 1 atom stereocenters. The van der Waals surface area contributed by atoms with Gasteiger partial charge in [0.05, 0.1) is 12.2 Å². The number of likely N-dealkylation sites (tertiary alicyclic amines) is 1. The minimum atomic E-state index is -0.464. The number of aromatic nitrogens is 3. The number of nitrogens with one attached hydrogen (secondary N) is 1. The first-order valence-electron chi connectivity index (χ1n) is 8.87. The molecule has 1 aromatic carbocycles. The molecule has 2 aromatic heterocycles. The summed E-state index contributed by atoms with van der Waals surface area (Å²) in [7, 11) is 1.88. The predicted octanol–water partition coefficient (Wildman–Crippen LogP) is 1.81. The summed E-state index contributed by atoms with van der Waals surface area (Å²) in [6.07, 6.45) is 5.49. The quantitative estimate of drug-likeness (QED) is 0.763. The number of ether oxygens (including phenoxy) is 1. The first kappa shape index (κ1) is 17.1. The molecule has 8 heteroatoms. The molecule has 0 saturated carbocycles. The zero-order valence-electron chi connectivity index (χ0n) is 15.0. The summed E-state index contributed by atoms with van der Waals surface area (Å²) >= 11 is 0. The molecule has 140 valence electrons. The lowest BCUT2D eigenvalue weighted by molar-refractivity contribution is 0.0788. The van der Waals surface area contributed by atoms with E-state index in [1.165, 1.54) is 0 Å². The van der Waals surface area contributed by atoms with Crippen molar-refractivity contribution in [1.82, 2.24) is 24.4 Å². The largest absolute Gasteiger partial charge is 0.445 e.